The van der Waals surface area contributed by atoms with Gasteiger partial charge in [0.05, 0.1) is 58.5 Å². The van der Waals surface area contributed by atoms with Crippen molar-refractivity contribution < 1.29 is 122 Å². The third-order valence-corrected chi connectivity index (χ3v) is 23.3. The summed E-state index contributed by atoms with van der Waals surface area (Å²) in [6.07, 6.45) is -18.8. The second-order valence-corrected chi connectivity index (χ2v) is 32.7. The van der Waals surface area contributed by atoms with E-state index < -0.39 is 237 Å². The van der Waals surface area contributed by atoms with Gasteiger partial charge in [0.15, 0.2) is 23.9 Å². The molecule has 0 spiro atoms. The van der Waals surface area contributed by atoms with E-state index in [-0.39, 0.29) is 65.3 Å². The Kier molecular flexibility index (Phi) is 29.4. The number of hydroxylamine groups is 1. The van der Waals surface area contributed by atoms with Gasteiger partial charge < -0.3 is 133 Å². The van der Waals surface area contributed by atoms with Crippen molar-refractivity contribution in [3.8, 4) is 57.1 Å². The molecule has 8 aliphatic heterocycles. The molecule has 0 aromatic heterocycles. The average Bonchev–Trinajstić information content (AvgIpc) is 0.765. The summed E-state index contributed by atoms with van der Waals surface area (Å²) in [6, 6.07) is 4.70. The summed E-state index contributed by atoms with van der Waals surface area (Å²) < 4.78 is 39.6. The molecule has 0 aliphatic carbocycles. The van der Waals surface area contributed by atoms with Crippen LogP contribution in [-0.4, -0.2) is 248 Å². The maximum absolute atomic E-state index is 16.3. The van der Waals surface area contributed by atoms with Crippen LogP contribution >= 0.6 is 46.4 Å². The number of carbonyl (C=O) groups excluding carboxylic acids is 9. The number of phenolic OH excluding ortho intramolecular Hbond substituents is 3. The van der Waals surface area contributed by atoms with Gasteiger partial charge in [-0.25, -0.2) is 10.3 Å². The largest absolute Gasteiger partial charge is 0.508 e. The van der Waals surface area contributed by atoms with Crippen molar-refractivity contribution in [2.75, 3.05) is 60.0 Å². The number of likely N-dealkylation sites (N-methyl/N-ethyl adjacent to an activating group) is 1. The Hall–Kier alpha value is -10.2. The summed E-state index contributed by atoms with van der Waals surface area (Å²) in [7, 11) is 2.52. The molecule has 38 nitrogen and oxygen atoms in total. The Balaban J connectivity index is 0.982. The number of rotatable bonds is 20. The summed E-state index contributed by atoms with van der Waals surface area (Å²) in [5, 5.41) is 131. The molecule has 11 bridgehead atoms. The van der Waals surface area contributed by atoms with E-state index in [0.717, 1.165) is 73.3 Å². The Bertz CT molecular complexity index is 5000. The molecule has 8 aliphatic rings. The van der Waals surface area contributed by atoms with Gasteiger partial charge in [0.2, 0.25) is 53.4 Å². The second-order valence-electron chi connectivity index (χ2n) is 31.1. The highest BCUT2D eigenvalue weighted by molar-refractivity contribution is 6.42. The standard InChI is InChI=1S/C81H95Cl4N13O25/c1-34(2)21-48(87-5)72(109)94-63-65(104)38-9-13-52(46(84)24-38)119-54-26-40-27-55(69(54)123-79-70(68(107)67(106)56(33-99)121-79)122-58-31-81(4,71(108)35(3)118-58)89-15-16-97-17-19-98(20-18-97)80(116)88-32-36-7-11-44(82)45(83)22-36)120-53-14-10-39(25-47(53)85)66(105)64-77(114)93-62(78(115)96-117-6)43-28-41(100)29-51(102)59(43)42-23-37(8-12-50(42)101)60(74(111)95-64)92-75(112)61(40)91-73(110)49(30-57(86)103)90-76(63)113/h7-14,22-29,34-35,48-49,56,58,60-68,70-71,79,87,89,99-102,104-108H,15-21,30-33H2,1-6H3,(H2,86,103)(H,88,116)(H,90,113)(H,91,110)(H,92,112)(H,93,114)(H,94,109)(H,95,111)(H,96,115)/t35-,48+,49-,56+,58-,60+,61+,62+,63+,64-,65+,66+,67+,68-,70+,71+,79-,81-/m0/s1. The van der Waals surface area contributed by atoms with Crippen LogP contribution in [0.25, 0.3) is 11.1 Å². The summed E-state index contributed by atoms with van der Waals surface area (Å²) in [6.45, 7) is 8.64. The van der Waals surface area contributed by atoms with Gasteiger partial charge in [-0.05, 0) is 133 Å². The predicted molar refractivity (Wildman–Crippen MR) is 437 cm³/mol. The van der Waals surface area contributed by atoms with E-state index >= 15 is 24.0 Å². The van der Waals surface area contributed by atoms with Crippen molar-refractivity contribution >= 4 is 99.7 Å². The zero-order chi connectivity index (χ0) is 88.9. The minimum absolute atomic E-state index is 0.111. The van der Waals surface area contributed by atoms with E-state index in [2.05, 4.69) is 58.2 Å². The highest BCUT2D eigenvalue weighted by atomic mass is 35.5. The number of aliphatic hydroxyl groups is 6. The van der Waals surface area contributed by atoms with Crippen molar-refractivity contribution in [1.29, 1.82) is 0 Å². The number of fused-ring (bicyclic) bond motifs is 15. The Morgan fingerprint density at radius 2 is 1.33 bits per heavy atom. The fourth-order valence-electron chi connectivity index (χ4n) is 15.4. The van der Waals surface area contributed by atoms with Crippen LogP contribution in [0.5, 0.6) is 46.0 Å². The minimum Gasteiger partial charge on any atom is -0.508 e. The number of halogens is 4. The van der Waals surface area contributed by atoms with Crippen LogP contribution in [0.3, 0.4) is 0 Å². The molecule has 0 saturated carbocycles. The number of aliphatic hydroxyl groups excluding tert-OH is 6. The molecular formula is C81H95Cl4N13O25. The number of carbonyl (C=O) groups is 9. The lowest BCUT2D eigenvalue weighted by molar-refractivity contribution is -0.334. The fraction of sp³-hybridized carbons (Fsp3) is 0.444. The quantitative estimate of drug-likeness (QED) is 0.0487. The monoisotopic (exact) mass is 1790 g/mol. The fourth-order valence-corrected chi connectivity index (χ4v) is 16.2. The van der Waals surface area contributed by atoms with Crippen molar-refractivity contribution in [3.05, 3.63) is 151 Å². The van der Waals surface area contributed by atoms with Crippen LogP contribution in [-0.2, 0) is 63.9 Å². The molecule has 3 saturated heterocycles. The molecule has 662 valence electrons. The lowest BCUT2D eigenvalue weighted by atomic mass is 9.85. The average molecular weight is 1790 g/mol. The number of hydrogen-bond acceptors (Lipinski definition) is 28. The molecule has 21 N–H and O–H groups in total. The zero-order valence-electron chi connectivity index (χ0n) is 66.9. The van der Waals surface area contributed by atoms with Crippen LogP contribution in [0.1, 0.15) is 111 Å². The molecule has 10 amide bonds. The van der Waals surface area contributed by atoms with Gasteiger partial charge in [-0.3, -0.25) is 48.1 Å². The number of urea groups is 1. The van der Waals surface area contributed by atoms with Crippen molar-refractivity contribution in [2.45, 2.75) is 163 Å². The lowest BCUT2D eigenvalue weighted by Gasteiger charge is -2.48. The van der Waals surface area contributed by atoms with Crippen LogP contribution < -0.4 is 73.3 Å². The number of nitrogens with two attached hydrogens (primary N) is 1. The number of aromatic hydroxyl groups is 3. The Morgan fingerprint density at radius 3 is 1.95 bits per heavy atom. The maximum atomic E-state index is 16.3. The number of amides is 10. The molecule has 42 heteroatoms. The highest BCUT2D eigenvalue weighted by Gasteiger charge is 2.52. The van der Waals surface area contributed by atoms with Gasteiger partial charge in [0.25, 0.3) is 5.91 Å². The Morgan fingerprint density at radius 1 is 0.683 bits per heavy atom. The molecular weight excluding hydrogens is 1700 g/mol. The van der Waals surface area contributed by atoms with E-state index in [4.69, 9.17) is 85.4 Å². The molecule has 0 radical (unpaired) electrons. The number of benzene rings is 6. The minimum atomic E-state index is -2.37. The summed E-state index contributed by atoms with van der Waals surface area (Å²) in [4.78, 5) is 141. The van der Waals surface area contributed by atoms with Crippen molar-refractivity contribution in [1.82, 2.24) is 63.1 Å². The van der Waals surface area contributed by atoms with Gasteiger partial charge >= 0.3 is 6.03 Å². The van der Waals surface area contributed by atoms with Gasteiger partial charge in [-0.2, -0.15) is 0 Å². The second kappa shape index (κ2) is 39.3. The maximum Gasteiger partial charge on any atom is 0.317 e. The van der Waals surface area contributed by atoms with Crippen LogP contribution in [0.4, 0.5) is 4.79 Å². The first-order chi connectivity index (χ1) is 58.4. The molecule has 6 aromatic rings. The van der Waals surface area contributed by atoms with Gasteiger partial charge in [0, 0.05) is 75.0 Å². The molecule has 6 aromatic carbocycles. The highest BCUT2D eigenvalue weighted by Crippen LogP contribution is 2.50. The number of hydrogen-bond donors (Lipinski definition) is 20. The molecule has 8 heterocycles. The first kappa shape index (κ1) is 92.0. The molecule has 18 atom stereocenters. The van der Waals surface area contributed by atoms with E-state index in [1.54, 1.807) is 36.9 Å². The number of primary amides is 1. The normalized spacial score (nSPS) is 27.1. The third kappa shape index (κ3) is 20.9. The molecule has 14 rings (SSSR count). The van der Waals surface area contributed by atoms with Crippen LogP contribution in [0.15, 0.2) is 97.1 Å². The van der Waals surface area contributed by atoms with E-state index in [1.165, 1.54) is 25.2 Å². The van der Waals surface area contributed by atoms with E-state index in [0.29, 0.717) is 42.8 Å². The van der Waals surface area contributed by atoms with E-state index in [9.17, 15) is 65.1 Å². The first-order valence-electron chi connectivity index (χ1n) is 39.2. The smallest absolute Gasteiger partial charge is 0.317 e. The number of nitrogens with one attached hydrogen (secondary N) is 10. The SMILES string of the molecule is CN[C@H](CC(C)C)C(=O)N[C@H]1C(=O)N[C@@H](CC(N)=O)C(=O)N[C@H]2C(=O)N[C@H]3C(=O)N[C@H](C(=O)N[C@@H](C(=O)NOC)c4cc(O)cc(O)c4-c4cc3ccc4O)[C@H](O)c3ccc(c(Cl)c3)Oc3cc2cc(c3O[C@@H]2O[C@H](CO)[C@@H](O)[C@H](O)[C@H]2O[C@H]2C[C@](C)(NCCN3CCN(C(=O)NCc4ccc(Cl)c(Cl)c4)CC3)[C@H](O)[C@H](C)O2)Oc2ccc(cc2Cl)[C@H]1O. The zero-order valence-corrected chi connectivity index (χ0v) is 70.0. The molecule has 3 fully saturated rings. The third-order valence-electron chi connectivity index (χ3n) is 22.0. The lowest BCUT2D eigenvalue weighted by Crippen LogP contribution is -2.66. The van der Waals surface area contributed by atoms with Gasteiger partial charge in [-0.15, -0.1) is 0 Å². The van der Waals surface area contributed by atoms with Crippen LogP contribution in [0.2, 0.25) is 20.1 Å². The number of nitrogens with zero attached hydrogens (tertiary/aromatic N) is 2. The summed E-state index contributed by atoms with van der Waals surface area (Å²) in [5.41, 5.74) is 4.83. The molecule has 123 heavy (non-hydrogen) atoms. The van der Waals surface area contributed by atoms with Crippen molar-refractivity contribution in [3.63, 3.8) is 0 Å². The summed E-state index contributed by atoms with van der Waals surface area (Å²) >= 11 is 26.6. The summed E-state index contributed by atoms with van der Waals surface area (Å²) in [5.74, 6) is -15.2. The van der Waals surface area contributed by atoms with Crippen molar-refractivity contribution in [2.24, 2.45) is 11.7 Å². The number of phenols is 3. The van der Waals surface area contributed by atoms with E-state index in [1.807, 2.05) is 13.8 Å². The topological polar surface area (TPSA) is 553 Å². The predicted octanol–water partition coefficient (Wildman–Crippen LogP) is 2.16. The first-order valence-corrected chi connectivity index (χ1v) is 40.7. The van der Waals surface area contributed by atoms with Gasteiger partial charge in [-0.1, -0.05) is 84.5 Å². The van der Waals surface area contributed by atoms with Gasteiger partial charge in [0.1, 0.15) is 95.5 Å². The Labute approximate surface area is 723 Å². The van der Waals surface area contributed by atoms with Crippen LogP contribution in [0, 0.1) is 5.92 Å². The number of ether oxygens (including phenoxy) is 6. The molecule has 0 unspecified atom stereocenters. The number of piperazine rings is 1.